The predicted molar refractivity (Wildman–Crippen MR) is 128 cm³/mol. The third-order valence-electron chi connectivity index (χ3n) is 5.87. The van der Waals surface area contributed by atoms with Gasteiger partial charge in [0.2, 0.25) is 17.6 Å². The largest absolute Gasteiger partial charge is 0.497 e. The molecule has 0 aliphatic carbocycles. The van der Waals surface area contributed by atoms with E-state index in [-0.39, 0.29) is 11.7 Å². The molecule has 1 fully saturated rings. The number of piperazine rings is 1. The molecule has 2 heterocycles. The first-order valence-electron chi connectivity index (χ1n) is 11.3. The van der Waals surface area contributed by atoms with Crippen molar-refractivity contribution in [3.05, 3.63) is 60.0 Å². The van der Waals surface area contributed by atoms with Crippen molar-refractivity contribution in [1.82, 2.24) is 19.9 Å². The molecule has 1 saturated heterocycles. The van der Waals surface area contributed by atoms with E-state index in [1.54, 1.807) is 31.4 Å². The number of methoxy groups -OCH3 is 1. The van der Waals surface area contributed by atoms with E-state index < -0.39 is 0 Å². The second kappa shape index (κ2) is 11.0. The van der Waals surface area contributed by atoms with E-state index in [9.17, 15) is 9.59 Å². The van der Waals surface area contributed by atoms with Crippen molar-refractivity contribution in [2.24, 2.45) is 0 Å². The highest BCUT2D eigenvalue weighted by molar-refractivity contribution is 5.95. The number of hydrogen-bond donors (Lipinski definition) is 1. The summed E-state index contributed by atoms with van der Waals surface area (Å²) in [6, 6.07) is 14.5. The number of anilines is 1. The first-order chi connectivity index (χ1) is 16.5. The summed E-state index contributed by atoms with van der Waals surface area (Å²) in [5.74, 6) is 1.92. The zero-order valence-corrected chi connectivity index (χ0v) is 19.5. The van der Waals surface area contributed by atoms with Gasteiger partial charge in [-0.05, 0) is 55.5 Å². The van der Waals surface area contributed by atoms with Crippen LogP contribution in [0, 0.1) is 0 Å². The Hall–Kier alpha value is -3.56. The molecule has 0 unspecified atom stereocenters. The number of ketones is 1. The zero-order valence-electron chi connectivity index (χ0n) is 19.5. The van der Waals surface area contributed by atoms with Crippen LogP contribution in [0.5, 0.6) is 5.75 Å². The van der Waals surface area contributed by atoms with Gasteiger partial charge in [-0.25, -0.2) is 0 Å². The minimum atomic E-state index is -0.0325. The maximum absolute atomic E-state index is 12.3. The molecule has 0 bridgehead atoms. The van der Waals surface area contributed by atoms with Gasteiger partial charge in [0.05, 0.1) is 13.7 Å². The molecule has 9 heteroatoms. The van der Waals surface area contributed by atoms with Crippen molar-refractivity contribution >= 4 is 17.4 Å². The highest BCUT2D eigenvalue weighted by Crippen LogP contribution is 2.20. The van der Waals surface area contributed by atoms with Crippen LogP contribution in [-0.4, -0.2) is 71.5 Å². The fourth-order valence-electron chi connectivity index (χ4n) is 3.81. The van der Waals surface area contributed by atoms with Gasteiger partial charge in [-0.2, -0.15) is 4.98 Å². The molecule has 2 aromatic carbocycles. The van der Waals surface area contributed by atoms with Gasteiger partial charge < -0.3 is 19.5 Å². The molecule has 1 aromatic heterocycles. The normalized spacial score (nSPS) is 14.6. The van der Waals surface area contributed by atoms with E-state index in [0.717, 1.165) is 37.5 Å². The topological polar surface area (TPSA) is 101 Å². The molecule has 1 aliphatic rings. The number of aromatic nitrogens is 2. The van der Waals surface area contributed by atoms with Crippen LogP contribution in [-0.2, 0) is 11.3 Å². The third-order valence-corrected chi connectivity index (χ3v) is 5.87. The Labute approximate surface area is 198 Å². The van der Waals surface area contributed by atoms with E-state index >= 15 is 0 Å². The van der Waals surface area contributed by atoms with Crippen molar-refractivity contribution in [3.8, 4) is 17.1 Å². The van der Waals surface area contributed by atoms with E-state index in [1.807, 2.05) is 24.3 Å². The molecule has 3 aromatic rings. The van der Waals surface area contributed by atoms with Crippen LogP contribution in [0.15, 0.2) is 53.1 Å². The number of carbonyl (C=O) groups excluding carboxylic acids is 2. The summed E-state index contributed by atoms with van der Waals surface area (Å²) in [6.45, 7) is 6.32. The van der Waals surface area contributed by atoms with Crippen LogP contribution in [0.25, 0.3) is 11.4 Å². The summed E-state index contributed by atoms with van der Waals surface area (Å²) >= 11 is 0. The molecule has 4 rings (SSSR count). The Morgan fingerprint density at radius 1 is 1.00 bits per heavy atom. The van der Waals surface area contributed by atoms with Gasteiger partial charge in [0.1, 0.15) is 5.75 Å². The molecular weight excluding hydrogens is 434 g/mol. The SMILES string of the molecule is COc1ccc(-c2noc(CN3CCN(CCC(=O)Nc4ccc(C(C)=O)cc4)CC3)n2)cc1. The lowest BCUT2D eigenvalue weighted by atomic mass is 10.1. The first kappa shape index (κ1) is 23.6. The maximum Gasteiger partial charge on any atom is 0.241 e. The van der Waals surface area contributed by atoms with Gasteiger partial charge in [-0.3, -0.25) is 14.5 Å². The number of nitrogens with zero attached hydrogens (tertiary/aromatic N) is 4. The van der Waals surface area contributed by atoms with E-state index in [4.69, 9.17) is 9.26 Å². The summed E-state index contributed by atoms with van der Waals surface area (Å²) in [7, 11) is 1.63. The van der Waals surface area contributed by atoms with E-state index in [2.05, 4.69) is 25.3 Å². The number of ether oxygens (including phenoxy) is 1. The maximum atomic E-state index is 12.3. The number of benzene rings is 2. The van der Waals surface area contributed by atoms with Crippen LogP contribution < -0.4 is 10.1 Å². The van der Waals surface area contributed by atoms with Gasteiger partial charge in [-0.15, -0.1) is 0 Å². The number of rotatable bonds is 9. The lowest BCUT2D eigenvalue weighted by molar-refractivity contribution is -0.116. The Morgan fingerprint density at radius 3 is 2.32 bits per heavy atom. The van der Waals surface area contributed by atoms with Gasteiger partial charge in [0, 0.05) is 56.0 Å². The van der Waals surface area contributed by atoms with Crippen LogP contribution in [0.2, 0.25) is 0 Å². The van der Waals surface area contributed by atoms with E-state index in [1.165, 1.54) is 6.92 Å². The second-order valence-electron chi connectivity index (χ2n) is 8.29. The van der Waals surface area contributed by atoms with E-state index in [0.29, 0.717) is 42.5 Å². The lowest BCUT2D eigenvalue weighted by Crippen LogP contribution is -2.46. The minimum Gasteiger partial charge on any atom is -0.497 e. The molecule has 1 amide bonds. The lowest BCUT2D eigenvalue weighted by Gasteiger charge is -2.33. The van der Waals surface area contributed by atoms with Gasteiger partial charge >= 0.3 is 0 Å². The van der Waals surface area contributed by atoms with Crippen molar-refractivity contribution < 1.29 is 18.8 Å². The number of carbonyl (C=O) groups is 2. The smallest absolute Gasteiger partial charge is 0.241 e. The summed E-state index contributed by atoms with van der Waals surface area (Å²) in [5.41, 5.74) is 2.22. The van der Waals surface area contributed by atoms with Crippen LogP contribution in [0.1, 0.15) is 29.6 Å². The molecule has 178 valence electrons. The number of hydrogen-bond acceptors (Lipinski definition) is 8. The Kier molecular flexibility index (Phi) is 7.66. The highest BCUT2D eigenvalue weighted by Gasteiger charge is 2.20. The quantitative estimate of drug-likeness (QED) is 0.483. The zero-order chi connectivity index (χ0) is 23.9. The number of nitrogens with one attached hydrogen (secondary N) is 1. The molecular formula is C25H29N5O4. The highest BCUT2D eigenvalue weighted by atomic mass is 16.5. The minimum absolute atomic E-state index is 0.00814. The second-order valence-corrected chi connectivity index (χ2v) is 8.29. The van der Waals surface area contributed by atoms with Crippen LogP contribution in [0.4, 0.5) is 5.69 Å². The Bertz CT molecular complexity index is 1100. The average molecular weight is 464 g/mol. The van der Waals surface area contributed by atoms with Crippen molar-refractivity contribution in [3.63, 3.8) is 0 Å². The molecule has 9 nitrogen and oxygen atoms in total. The van der Waals surface area contributed by atoms with Gasteiger partial charge in [-0.1, -0.05) is 5.16 Å². The summed E-state index contributed by atoms with van der Waals surface area (Å²) in [6.07, 6.45) is 0.420. The first-order valence-corrected chi connectivity index (χ1v) is 11.3. The molecule has 0 spiro atoms. The summed E-state index contributed by atoms with van der Waals surface area (Å²) in [4.78, 5) is 32.7. The molecule has 1 N–H and O–H groups in total. The number of Topliss-reactive ketones (excluding diaryl/α,β-unsaturated/α-hetero) is 1. The van der Waals surface area contributed by atoms with Crippen LogP contribution >= 0.6 is 0 Å². The predicted octanol–water partition coefficient (Wildman–Crippen LogP) is 3.09. The molecule has 0 atom stereocenters. The standard InChI is InChI=1S/C25H29N5O4/c1-18(31)19-3-7-21(8-4-19)26-23(32)11-12-29-13-15-30(16-14-29)17-24-27-25(28-34-24)20-5-9-22(33-2)10-6-20/h3-10H,11-17H2,1-2H3,(H,26,32). The molecule has 1 aliphatic heterocycles. The average Bonchev–Trinajstić information content (AvgIpc) is 3.32. The fraction of sp³-hybridized carbons (Fsp3) is 0.360. The Balaban J connectivity index is 1.18. The molecule has 0 radical (unpaired) electrons. The monoisotopic (exact) mass is 463 g/mol. The fourth-order valence-corrected chi connectivity index (χ4v) is 3.81. The summed E-state index contributed by atoms with van der Waals surface area (Å²) < 4.78 is 10.6. The number of amides is 1. The van der Waals surface area contributed by atoms with Crippen molar-refractivity contribution in [1.29, 1.82) is 0 Å². The molecule has 34 heavy (non-hydrogen) atoms. The Morgan fingerprint density at radius 2 is 1.68 bits per heavy atom. The van der Waals surface area contributed by atoms with Crippen LogP contribution in [0.3, 0.4) is 0 Å². The molecule has 0 saturated carbocycles. The van der Waals surface area contributed by atoms with Gasteiger partial charge in [0.25, 0.3) is 0 Å². The summed E-state index contributed by atoms with van der Waals surface area (Å²) in [5, 5.41) is 6.98. The van der Waals surface area contributed by atoms with Crippen molar-refractivity contribution in [2.45, 2.75) is 19.9 Å². The van der Waals surface area contributed by atoms with Gasteiger partial charge in [0.15, 0.2) is 5.78 Å². The van der Waals surface area contributed by atoms with Crippen molar-refractivity contribution in [2.75, 3.05) is 45.2 Å². The third kappa shape index (κ3) is 6.27.